The van der Waals surface area contributed by atoms with Gasteiger partial charge in [-0.15, -0.1) is 11.3 Å². The summed E-state index contributed by atoms with van der Waals surface area (Å²) in [6, 6.07) is 12.1. The van der Waals surface area contributed by atoms with E-state index in [1.54, 1.807) is 42.0 Å². The average molecular weight is 517 g/mol. The Morgan fingerprint density at radius 1 is 1.11 bits per heavy atom. The van der Waals surface area contributed by atoms with Crippen LogP contribution in [0.1, 0.15) is 23.3 Å². The molecule has 3 N–H and O–H groups in total. The van der Waals surface area contributed by atoms with E-state index < -0.39 is 17.5 Å². The molecule has 0 bridgehead atoms. The van der Waals surface area contributed by atoms with E-state index in [4.69, 9.17) is 5.73 Å². The summed E-state index contributed by atoms with van der Waals surface area (Å²) in [5.74, 6) is -1.76. The van der Waals surface area contributed by atoms with Crippen LogP contribution >= 0.6 is 11.3 Å². The number of nitrogens with two attached hydrogens (primary N) is 1. The van der Waals surface area contributed by atoms with E-state index in [0.29, 0.717) is 23.3 Å². The molecule has 6 rings (SSSR count). The molecule has 186 valence electrons. The van der Waals surface area contributed by atoms with E-state index >= 15 is 0 Å². The molecule has 1 amide bonds. The first kappa shape index (κ1) is 23.4. The van der Waals surface area contributed by atoms with Crippen molar-refractivity contribution < 1.29 is 13.6 Å². The van der Waals surface area contributed by atoms with Crippen LogP contribution in [-0.2, 0) is 0 Å². The zero-order chi connectivity index (χ0) is 25.5. The molecule has 2 aromatic carbocycles. The van der Waals surface area contributed by atoms with E-state index in [-0.39, 0.29) is 17.3 Å². The summed E-state index contributed by atoms with van der Waals surface area (Å²) in [6.07, 6.45) is 3.52. The molecule has 0 spiro atoms. The topological polar surface area (TPSA) is 97.0 Å². The standard InChI is InChI=1S/C27H22F2N6OS/c28-18-4-1-5-19(29)23(18)16-7-6-15-8-9-20(33-21(15)11-16)26(36)34-22-12-31-27-24(32-14-37-27)25(22)35-10-2-3-17(30)13-35/h1,4-9,11-12,14,17H,2-3,10,13,30H2,(H,34,36)/t17-/m0/s1. The lowest BCUT2D eigenvalue weighted by Crippen LogP contribution is -2.43. The Morgan fingerprint density at radius 2 is 1.92 bits per heavy atom. The molecule has 4 heterocycles. The lowest BCUT2D eigenvalue weighted by atomic mass is 10.0. The lowest BCUT2D eigenvalue weighted by Gasteiger charge is -2.33. The summed E-state index contributed by atoms with van der Waals surface area (Å²) < 4.78 is 28.7. The Bertz CT molecular complexity index is 1640. The number of anilines is 2. The van der Waals surface area contributed by atoms with Gasteiger partial charge in [0.1, 0.15) is 27.7 Å². The van der Waals surface area contributed by atoms with Crippen molar-refractivity contribution >= 4 is 49.9 Å². The van der Waals surface area contributed by atoms with Crippen molar-refractivity contribution in [2.75, 3.05) is 23.3 Å². The highest BCUT2D eigenvalue weighted by atomic mass is 32.1. The minimum atomic E-state index is -0.664. The number of halogens is 2. The number of thiazole rings is 1. The number of rotatable bonds is 4. The number of piperidine rings is 1. The van der Waals surface area contributed by atoms with Gasteiger partial charge in [-0.1, -0.05) is 24.3 Å². The van der Waals surface area contributed by atoms with Crippen molar-refractivity contribution in [2.45, 2.75) is 18.9 Å². The van der Waals surface area contributed by atoms with Gasteiger partial charge in [-0.25, -0.2) is 23.7 Å². The zero-order valence-corrected chi connectivity index (χ0v) is 20.4. The first-order chi connectivity index (χ1) is 18.0. The van der Waals surface area contributed by atoms with Crippen LogP contribution in [0.15, 0.2) is 60.2 Å². The van der Waals surface area contributed by atoms with Crippen LogP contribution < -0.4 is 16.0 Å². The third-order valence-corrected chi connectivity index (χ3v) is 7.27. The molecule has 10 heteroatoms. The number of nitrogens with one attached hydrogen (secondary N) is 1. The number of amides is 1. The lowest BCUT2D eigenvalue weighted by molar-refractivity contribution is 0.102. The summed E-state index contributed by atoms with van der Waals surface area (Å²) in [7, 11) is 0. The molecule has 1 atom stereocenters. The van der Waals surface area contributed by atoms with Crippen LogP contribution in [0.5, 0.6) is 0 Å². The van der Waals surface area contributed by atoms with Gasteiger partial charge in [0.2, 0.25) is 0 Å². The van der Waals surface area contributed by atoms with E-state index in [0.717, 1.165) is 40.8 Å². The van der Waals surface area contributed by atoms with Crippen LogP contribution in [0.2, 0.25) is 0 Å². The van der Waals surface area contributed by atoms with Gasteiger partial charge >= 0.3 is 0 Å². The van der Waals surface area contributed by atoms with Crippen LogP contribution in [0, 0.1) is 11.6 Å². The minimum absolute atomic E-state index is 0.0368. The van der Waals surface area contributed by atoms with E-state index in [2.05, 4.69) is 25.2 Å². The van der Waals surface area contributed by atoms with Crippen molar-refractivity contribution in [3.63, 3.8) is 0 Å². The predicted octanol–water partition coefficient (Wildman–Crippen LogP) is 5.36. The van der Waals surface area contributed by atoms with Gasteiger partial charge < -0.3 is 16.0 Å². The zero-order valence-electron chi connectivity index (χ0n) is 19.6. The fourth-order valence-electron chi connectivity index (χ4n) is 4.79. The van der Waals surface area contributed by atoms with Crippen LogP contribution in [0.3, 0.4) is 0 Å². The first-order valence-electron chi connectivity index (χ1n) is 11.9. The summed E-state index contributed by atoms with van der Waals surface area (Å²) in [6.45, 7) is 1.46. The fraction of sp³-hybridized carbons (Fsp3) is 0.185. The molecule has 1 aliphatic heterocycles. The molecular formula is C27H22F2N6OS. The van der Waals surface area contributed by atoms with Crippen molar-refractivity contribution in [1.29, 1.82) is 0 Å². The third-order valence-electron chi connectivity index (χ3n) is 6.54. The Morgan fingerprint density at radius 3 is 2.73 bits per heavy atom. The molecule has 5 aromatic rings. The first-order valence-corrected chi connectivity index (χ1v) is 12.7. The fourth-order valence-corrected chi connectivity index (χ4v) is 5.42. The Labute approximate surface area is 215 Å². The van der Waals surface area contributed by atoms with Gasteiger partial charge in [0.05, 0.1) is 34.2 Å². The molecule has 1 saturated heterocycles. The van der Waals surface area contributed by atoms with E-state index in [1.807, 2.05) is 0 Å². The number of aromatic nitrogens is 3. The van der Waals surface area contributed by atoms with Crippen molar-refractivity contribution in [1.82, 2.24) is 15.0 Å². The Hall–Kier alpha value is -4.02. The highest BCUT2D eigenvalue weighted by molar-refractivity contribution is 7.16. The van der Waals surface area contributed by atoms with Crippen molar-refractivity contribution in [3.05, 3.63) is 77.6 Å². The van der Waals surface area contributed by atoms with Gasteiger partial charge in [-0.3, -0.25) is 4.79 Å². The molecule has 0 radical (unpaired) electrons. The number of pyridine rings is 2. The smallest absolute Gasteiger partial charge is 0.274 e. The summed E-state index contributed by atoms with van der Waals surface area (Å²) in [5, 5.41) is 3.69. The van der Waals surface area contributed by atoms with Crippen molar-refractivity contribution in [2.24, 2.45) is 5.73 Å². The number of fused-ring (bicyclic) bond motifs is 2. The van der Waals surface area contributed by atoms with E-state index in [1.165, 1.54) is 29.5 Å². The number of hydrogen-bond acceptors (Lipinski definition) is 7. The monoisotopic (exact) mass is 516 g/mol. The second-order valence-electron chi connectivity index (χ2n) is 9.03. The minimum Gasteiger partial charge on any atom is -0.366 e. The Balaban J connectivity index is 1.35. The van der Waals surface area contributed by atoms with Crippen molar-refractivity contribution in [3.8, 4) is 11.1 Å². The molecular weight excluding hydrogens is 494 g/mol. The number of carbonyl (C=O) groups excluding carboxylic acids is 1. The average Bonchev–Trinajstić information content (AvgIpc) is 3.37. The SMILES string of the molecule is N[C@H]1CCCN(c2c(NC(=O)c3ccc4ccc(-c5c(F)cccc5F)cc4n3)cnc3scnc23)C1. The summed E-state index contributed by atoms with van der Waals surface area (Å²) in [5.41, 5.74) is 10.8. The maximum Gasteiger partial charge on any atom is 0.274 e. The normalized spacial score (nSPS) is 15.9. The maximum absolute atomic E-state index is 14.3. The van der Waals surface area contributed by atoms with Gasteiger partial charge in [0, 0.05) is 24.5 Å². The molecule has 1 fully saturated rings. The second kappa shape index (κ2) is 9.45. The summed E-state index contributed by atoms with van der Waals surface area (Å²) >= 11 is 1.43. The van der Waals surface area contributed by atoms with Crippen LogP contribution in [0.4, 0.5) is 20.2 Å². The molecule has 0 unspecified atom stereocenters. The molecule has 7 nitrogen and oxygen atoms in total. The van der Waals surface area contributed by atoms with Gasteiger partial charge in [-0.05, 0) is 42.7 Å². The number of nitrogens with zero attached hydrogens (tertiary/aromatic N) is 4. The largest absolute Gasteiger partial charge is 0.366 e. The van der Waals surface area contributed by atoms with E-state index in [9.17, 15) is 13.6 Å². The molecule has 0 saturated carbocycles. The van der Waals surface area contributed by atoms with Gasteiger partial charge in [0.25, 0.3) is 5.91 Å². The number of carbonyl (C=O) groups is 1. The van der Waals surface area contributed by atoms with Gasteiger partial charge in [-0.2, -0.15) is 0 Å². The second-order valence-corrected chi connectivity index (χ2v) is 9.86. The highest BCUT2D eigenvalue weighted by Crippen LogP contribution is 2.36. The van der Waals surface area contributed by atoms with Gasteiger partial charge in [0.15, 0.2) is 0 Å². The summed E-state index contributed by atoms with van der Waals surface area (Å²) in [4.78, 5) is 29.7. The molecule has 1 aliphatic rings. The maximum atomic E-state index is 14.3. The predicted molar refractivity (Wildman–Crippen MR) is 142 cm³/mol. The molecule has 37 heavy (non-hydrogen) atoms. The van der Waals surface area contributed by atoms with Crippen LogP contribution in [0.25, 0.3) is 32.4 Å². The Kier molecular flexibility index (Phi) is 5.97. The quantitative estimate of drug-likeness (QED) is 0.334. The highest BCUT2D eigenvalue weighted by Gasteiger charge is 2.24. The third kappa shape index (κ3) is 4.38. The number of benzene rings is 2. The molecule has 3 aromatic heterocycles. The molecule has 0 aliphatic carbocycles. The number of hydrogen-bond donors (Lipinski definition) is 2. The van der Waals surface area contributed by atoms with Crippen LogP contribution in [-0.4, -0.2) is 40.0 Å².